The molecule has 0 aliphatic carbocycles. The van der Waals surface area contributed by atoms with Gasteiger partial charge < -0.3 is 19.5 Å². The van der Waals surface area contributed by atoms with Crippen LogP contribution in [0.2, 0.25) is 0 Å². The topological polar surface area (TPSA) is 76.1 Å². The Labute approximate surface area is 200 Å². The van der Waals surface area contributed by atoms with Crippen molar-refractivity contribution in [1.29, 1.82) is 0 Å². The number of ether oxygens (including phenoxy) is 2. The molecule has 0 aliphatic heterocycles. The molecule has 34 heavy (non-hydrogen) atoms. The molecule has 3 aromatic rings. The summed E-state index contributed by atoms with van der Waals surface area (Å²) in [4.78, 5) is 25.8. The lowest BCUT2D eigenvalue weighted by Crippen LogP contribution is -2.26. The average Bonchev–Trinajstić information content (AvgIpc) is 2.84. The highest BCUT2D eigenvalue weighted by Gasteiger charge is 2.18. The Hall–Kier alpha value is -3.64. The molecule has 1 N–H and O–H groups in total. The maximum atomic E-state index is 12.8. The largest absolute Gasteiger partial charge is 0.494 e. The van der Waals surface area contributed by atoms with E-state index in [1.54, 1.807) is 31.0 Å². The third kappa shape index (κ3) is 6.68. The molecule has 0 aliphatic rings. The Morgan fingerprint density at radius 1 is 0.882 bits per heavy atom. The Morgan fingerprint density at radius 3 is 2.21 bits per heavy atom. The van der Waals surface area contributed by atoms with E-state index in [-0.39, 0.29) is 5.91 Å². The molecule has 0 saturated carbocycles. The van der Waals surface area contributed by atoms with Crippen molar-refractivity contribution in [3.8, 4) is 16.9 Å². The lowest BCUT2D eigenvalue weighted by Gasteiger charge is -2.18. The third-order valence-electron chi connectivity index (χ3n) is 5.46. The zero-order chi connectivity index (χ0) is 24.5. The van der Waals surface area contributed by atoms with Gasteiger partial charge in [-0.25, -0.2) is 4.79 Å². The van der Waals surface area contributed by atoms with Gasteiger partial charge in [0.2, 0.25) is 0 Å². The second kappa shape index (κ2) is 12.0. The van der Waals surface area contributed by atoms with Crippen molar-refractivity contribution in [3.05, 3.63) is 89.5 Å². The molecule has 0 aromatic heterocycles. The van der Waals surface area contributed by atoms with E-state index < -0.39 is 12.1 Å². The predicted molar refractivity (Wildman–Crippen MR) is 132 cm³/mol. The number of carboxylic acids is 1. The smallest absolute Gasteiger partial charge is 0.333 e. The number of hydrogen-bond acceptors (Lipinski definition) is 4. The van der Waals surface area contributed by atoms with Crippen LogP contribution in [-0.2, 0) is 22.5 Å². The second-order valence-corrected chi connectivity index (χ2v) is 8.00. The molecule has 1 amide bonds. The normalized spacial score (nSPS) is 11.6. The van der Waals surface area contributed by atoms with Gasteiger partial charge in [-0.15, -0.1) is 0 Å². The van der Waals surface area contributed by atoms with Gasteiger partial charge in [-0.2, -0.15) is 0 Å². The summed E-state index contributed by atoms with van der Waals surface area (Å²) in [6.45, 7) is 5.13. The number of carbonyl (C=O) groups excluding carboxylic acids is 1. The van der Waals surface area contributed by atoms with Crippen molar-refractivity contribution >= 4 is 11.9 Å². The highest BCUT2D eigenvalue weighted by atomic mass is 16.5. The van der Waals surface area contributed by atoms with Gasteiger partial charge in [0.15, 0.2) is 6.10 Å². The van der Waals surface area contributed by atoms with E-state index in [2.05, 4.69) is 6.07 Å². The van der Waals surface area contributed by atoms with Crippen LogP contribution in [0.1, 0.15) is 35.3 Å². The zero-order valence-electron chi connectivity index (χ0n) is 19.9. The van der Waals surface area contributed by atoms with Gasteiger partial charge in [-0.05, 0) is 66.4 Å². The molecule has 0 bridgehead atoms. The fourth-order valence-electron chi connectivity index (χ4n) is 3.74. The first-order valence-electron chi connectivity index (χ1n) is 11.4. The average molecular weight is 462 g/mol. The number of nitrogens with zero attached hydrogens (tertiary/aromatic N) is 1. The minimum absolute atomic E-state index is 0.0555. The Morgan fingerprint density at radius 2 is 1.59 bits per heavy atom. The van der Waals surface area contributed by atoms with Gasteiger partial charge in [0.05, 0.1) is 6.61 Å². The minimum Gasteiger partial charge on any atom is -0.494 e. The minimum atomic E-state index is -0.956. The summed E-state index contributed by atoms with van der Waals surface area (Å²) in [7, 11) is 1.79. The van der Waals surface area contributed by atoms with Crippen LogP contribution in [0.15, 0.2) is 72.8 Å². The number of carboxylic acid groups (broad SMARTS) is 1. The van der Waals surface area contributed by atoms with Gasteiger partial charge in [0.1, 0.15) is 5.75 Å². The Bertz CT molecular complexity index is 1090. The first-order chi connectivity index (χ1) is 16.4. The van der Waals surface area contributed by atoms with Crippen molar-refractivity contribution in [2.75, 3.05) is 20.3 Å². The summed E-state index contributed by atoms with van der Waals surface area (Å²) in [5, 5.41) is 9.29. The summed E-state index contributed by atoms with van der Waals surface area (Å²) in [5.74, 6) is -0.264. The molecule has 3 aromatic carbocycles. The Balaban J connectivity index is 1.67. The lowest BCUT2D eigenvalue weighted by atomic mass is 9.99. The van der Waals surface area contributed by atoms with E-state index >= 15 is 0 Å². The summed E-state index contributed by atoms with van der Waals surface area (Å²) in [5.41, 5.74) is 4.59. The highest BCUT2D eigenvalue weighted by molar-refractivity contribution is 5.94. The fourth-order valence-corrected chi connectivity index (χ4v) is 3.74. The summed E-state index contributed by atoms with van der Waals surface area (Å²) >= 11 is 0. The molecule has 0 saturated heterocycles. The standard InChI is InChI=1S/C28H31NO5/c1-4-33-25-15-13-23(14-16-25)27(30)29(3)19-21-7-6-8-24(17-21)22-11-9-20(10-12-22)18-26(28(31)32)34-5-2/h6-17,26H,4-5,18-19H2,1-3H3,(H,31,32)/t26-/m0/s1. The van der Waals surface area contributed by atoms with E-state index in [1.807, 2.05) is 61.5 Å². The number of aliphatic carboxylic acids is 1. The number of rotatable bonds is 11. The van der Waals surface area contributed by atoms with Crippen molar-refractivity contribution in [1.82, 2.24) is 4.90 Å². The third-order valence-corrected chi connectivity index (χ3v) is 5.46. The summed E-state index contributed by atoms with van der Waals surface area (Å²) in [6, 6.07) is 23.1. The van der Waals surface area contributed by atoms with Crippen LogP contribution in [0.25, 0.3) is 11.1 Å². The molecular weight excluding hydrogens is 430 g/mol. The Kier molecular flexibility index (Phi) is 8.82. The molecule has 0 radical (unpaired) electrons. The van der Waals surface area contributed by atoms with Gasteiger partial charge >= 0.3 is 5.97 Å². The number of amides is 1. The zero-order valence-corrected chi connectivity index (χ0v) is 19.9. The van der Waals surface area contributed by atoms with Gasteiger partial charge in [0.25, 0.3) is 5.91 Å². The van der Waals surface area contributed by atoms with Crippen LogP contribution in [0.3, 0.4) is 0 Å². The monoisotopic (exact) mass is 461 g/mol. The predicted octanol–water partition coefficient (Wildman–Crippen LogP) is 5.06. The van der Waals surface area contributed by atoms with Crippen LogP contribution >= 0.6 is 0 Å². The molecule has 6 heteroatoms. The lowest BCUT2D eigenvalue weighted by molar-refractivity contribution is -0.149. The van der Waals surface area contributed by atoms with Crippen molar-refractivity contribution in [2.45, 2.75) is 32.9 Å². The fraction of sp³-hybridized carbons (Fsp3) is 0.286. The van der Waals surface area contributed by atoms with Crippen LogP contribution in [0, 0.1) is 0 Å². The summed E-state index contributed by atoms with van der Waals surface area (Å²) < 4.78 is 10.7. The molecule has 3 rings (SSSR count). The quantitative estimate of drug-likeness (QED) is 0.432. The molecule has 0 fully saturated rings. The molecule has 178 valence electrons. The molecular formula is C28H31NO5. The van der Waals surface area contributed by atoms with Gasteiger partial charge in [0, 0.05) is 32.2 Å². The van der Waals surface area contributed by atoms with E-state index in [4.69, 9.17) is 9.47 Å². The van der Waals surface area contributed by atoms with Crippen LogP contribution in [-0.4, -0.2) is 48.2 Å². The van der Waals surface area contributed by atoms with E-state index in [0.29, 0.717) is 31.7 Å². The summed E-state index contributed by atoms with van der Waals surface area (Å²) in [6.07, 6.45) is -0.523. The first-order valence-corrected chi connectivity index (χ1v) is 11.4. The van der Waals surface area contributed by atoms with Crippen LogP contribution < -0.4 is 4.74 Å². The van der Waals surface area contributed by atoms with Crippen LogP contribution in [0.5, 0.6) is 5.75 Å². The SMILES string of the molecule is CCOc1ccc(C(=O)N(C)Cc2cccc(-c3ccc(C[C@H](OCC)C(=O)O)cc3)c2)cc1. The van der Waals surface area contributed by atoms with Crippen LogP contribution in [0.4, 0.5) is 0 Å². The number of hydrogen-bond donors (Lipinski definition) is 1. The number of carbonyl (C=O) groups is 2. The second-order valence-electron chi connectivity index (χ2n) is 8.00. The van der Waals surface area contributed by atoms with E-state index in [0.717, 1.165) is 28.0 Å². The molecule has 0 spiro atoms. The maximum absolute atomic E-state index is 12.8. The molecule has 0 heterocycles. The van der Waals surface area contributed by atoms with E-state index in [1.165, 1.54) is 0 Å². The highest BCUT2D eigenvalue weighted by Crippen LogP contribution is 2.23. The number of benzene rings is 3. The molecule has 0 unspecified atom stereocenters. The van der Waals surface area contributed by atoms with Gasteiger partial charge in [-0.3, -0.25) is 4.79 Å². The molecule has 6 nitrogen and oxygen atoms in total. The van der Waals surface area contributed by atoms with Crippen molar-refractivity contribution in [3.63, 3.8) is 0 Å². The van der Waals surface area contributed by atoms with E-state index in [9.17, 15) is 14.7 Å². The van der Waals surface area contributed by atoms with Gasteiger partial charge in [-0.1, -0.05) is 42.5 Å². The van der Waals surface area contributed by atoms with Crippen molar-refractivity contribution < 1.29 is 24.2 Å². The molecule has 1 atom stereocenters. The first kappa shape index (κ1) is 25.0. The van der Waals surface area contributed by atoms with Crippen molar-refractivity contribution in [2.24, 2.45) is 0 Å². The maximum Gasteiger partial charge on any atom is 0.333 e.